The first-order chi connectivity index (χ1) is 20.3. The number of benzene rings is 3. The van der Waals surface area contributed by atoms with Crippen LogP contribution in [0.25, 0.3) is 0 Å². The minimum atomic E-state index is -0.612. The Morgan fingerprint density at radius 1 is 1.14 bits per heavy atom. The number of anilines is 2. The molecule has 8 nitrogen and oxygen atoms in total. The van der Waals surface area contributed by atoms with E-state index in [0.29, 0.717) is 39.6 Å². The molecule has 42 heavy (non-hydrogen) atoms. The molecule has 4 aromatic rings. The molecule has 1 aliphatic heterocycles. The minimum Gasteiger partial charge on any atom is -0.493 e. The third kappa shape index (κ3) is 6.24. The fourth-order valence-corrected chi connectivity index (χ4v) is 5.52. The third-order valence-corrected chi connectivity index (χ3v) is 8.16. The van der Waals surface area contributed by atoms with Crippen molar-refractivity contribution >= 4 is 40.9 Å². The molecule has 11 heteroatoms. The van der Waals surface area contributed by atoms with Crippen LogP contribution in [0, 0.1) is 12.7 Å². The maximum Gasteiger partial charge on any atom is 0.255 e. The number of methoxy groups -OCH3 is 1. The summed E-state index contributed by atoms with van der Waals surface area (Å²) < 4.78 is 27.7. The minimum absolute atomic E-state index is 0.0803. The standard InChI is InChI=1S/C31H31ClFN5O3S/c1-5-15-42-31-36-30-34-19(3)27(29(39)35-21-12-9-18(2)10-13-21)28(38(30)37-31)20-11-14-25(26(16-20)40-4)41-17-22-23(32)7-6-8-24(22)33/h6-14,16,28H,5,15,17H2,1-4H3,(H,35,39)(H,34,36,37). The first kappa shape index (κ1) is 29.5. The lowest BCUT2D eigenvalue weighted by molar-refractivity contribution is -0.113. The maximum atomic E-state index is 14.3. The van der Waals surface area contributed by atoms with Crippen molar-refractivity contribution in [1.82, 2.24) is 14.8 Å². The molecule has 218 valence electrons. The monoisotopic (exact) mass is 607 g/mol. The fourth-order valence-electron chi connectivity index (χ4n) is 4.62. The van der Waals surface area contributed by atoms with Gasteiger partial charge in [-0.15, -0.1) is 5.10 Å². The van der Waals surface area contributed by atoms with Crippen LogP contribution in [0.5, 0.6) is 11.5 Å². The summed E-state index contributed by atoms with van der Waals surface area (Å²) in [6.07, 6.45) is 0.976. The van der Waals surface area contributed by atoms with E-state index in [1.165, 1.54) is 13.2 Å². The van der Waals surface area contributed by atoms with Crippen LogP contribution in [0.1, 0.15) is 43.0 Å². The lowest BCUT2D eigenvalue weighted by Crippen LogP contribution is -2.31. The van der Waals surface area contributed by atoms with Gasteiger partial charge in [-0.3, -0.25) is 4.79 Å². The largest absolute Gasteiger partial charge is 0.493 e. The number of thioether (sulfide) groups is 1. The number of fused-ring (bicyclic) bond motifs is 1. The first-order valence-electron chi connectivity index (χ1n) is 13.5. The Hall–Kier alpha value is -4.02. The highest BCUT2D eigenvalue weighted by atomic mass is 35.5. The van der Waals surface area contributed by atoms with Gasteiger partial charge in [0, 0.05) is 22.7 Å². The predicted molar refractivity (Wildman–Crippen MR) is 164 cm³/mol. The normalized spacial score (nSPS) is 14.3. The smallest absolute Gasteiger partial charge is 0.255 e. The zero-order valence-corrected chi connectivity index (χ0v) is 25.3. The Morgan fingerprint density at radius 3 is 2.64 bits per heavy atom. The molecule has 0 bridgehead atoms. The molecule has 1 aromatic heterocycles. The van der Waals surface area contributed by atoms with Crippen molar-refractivity contribution in [3.8, 4) is 11.5 Å². The Labute approximate surface area is 253 Å². The predicted octanol–water partition coefficient (Wildman–Crippen LogP) is 7.40. The van der Waals surface area contributed by atoms with Crippen LogP contribution in [-0.4, -0.2) is 33.5 Å². The van der Waals surface area contributed by atoms with Gasteiger partial charge in [0.25, 0.3) is 5.91 Å². The lowest BCUT2D eigenvalue weighted by Gasteiger charge is -2.29. The summed E-state index contributed by atoms with van der Waals surface area (Å²) in [4.78, 5) is 18.5. The molecule has 1 aliphatic rings. The van der Waals surface area contributed by atoms with E-state index in [2.05, 4.69) is 22.5 Å². The summed E-state index contributed by atoms with van der Waals surface area (Å²) in [6, 6.07) is 16.9. The summed E-state index contributed by atoms with van der Waals surface area (Å²) in [5, 5.41) is 11.9. The summed E-state index contributed by atoms with van der Waals surface area (Å²) in [6.45, 7) is 5.86. The molecule has 0 saturated carbocycles. The summed E-state index contributed by atoms with van der Waals surface area (Å²) in [5.41, 5.74) is 3.90. The topological polar surface area (TPSA) is 90.3 Å². The maximum absolute atomic E-state index is 14.3. The summed E-state index contributed by atoms with van der Waals surface area (Å²) in [5.74, 6) is 1.50. The second-order valence-corrected chi connectivity index (χ2v) is 11.3. The Kier molecular flexibility index (Phi) is 9.03. The number of carbonyl (C=O) groups is 1. The molecule has 5 rings (SSSR count). The SMILES string of the molecule is CCCSc1nc2n(n1)C(c1ccc(OCc3c(F)cccc3Cl)c(OC)c1)C(C(=O)Nc1ccc(C)cc1)=C(C)N2. The van der Waals surface area contributed by atoms with Gasteiger partial charge in [0.1, 0.15) is 18.5 Å². The number of ether oxygens (including phenoxy) is 2. The number of amides is 1. The average Bonchev–Trinajstić information content (AvgIpc) is 3.38. The zero-order valence-electron chi connectivity index (χ0n) is 23.7. The van der Waals surface area contributed by atoms with Gasteiger partial charge in [0.2, 0.25) is 11.1 Å². The second-order valence-electron chi connectivity index (χ2n) is 9.80. The van der Waals surface area contributed by atoms with Crippen LogP contribution in [-0.2, 0) is 11.4 Å². The zero-order chi connectivity index (χ0) is 29.8. The van der Waals surface area contributed by atoms with Crippen molar-refractivity contribution in [2.45, 2.75) is 45.0 Å². The fraction of sp³-hybridized carbons (Fsp3) is 0.258. The molecule has 1 amide bonds. The quantitative estimate of drug-likeness (QED) is 0.182. The molecule has 1 atom stereocenters. The number of nitrogens with one attached hydrogen (secondary N) is 2. The van der Waals surface area contributed by atoms with E-state index in [-0.39, 0.29) is 23.1 Å². The second kappa shape index (κ2) is 12.9. The van der Waals surface area contributed by atoms with Crippen molar-refractivity contribution in [2.24, 2.45) is 0 Å². The Balaban J connectivity index is 1.51. The van der Waals surface area contributed by atoms with Gasteiger partial charge in [-0.25, -0.2) is 9.07 Å². The van der Waals surface area contributed by atoms with Gasteiger partial charge in [0.05, 0.1) is 17.7 Å². The summed E-state index contributed by atoms with van der Waals surface area (Å²) in [7, 11) is 1.52. The highest BCUT2D eigenvalue weighted by molar-refractivity contribution is 7.99. The third-order valence-electron chi connectivity index (χ3n) is 6.76. The number of aromatic nitrogens is 3. The number of aryl methyl sites for hydroxylation is 1. The average molecular weight is 608 g/mol. The van der Waals surface area contributed by atoms with E-state index in [1.807, 2.05) is 44.2 Å². The molecular weight excluding hydrogens is 577 g/mol. The highest BCUT2D eigenvalue weighted by Gasteiger charge is 2.35. The number of rotatable bonds is 10. The number of carbonyl (C=O) groups excluding carboxylic acids is 1. The summed E-state index contributed by atoms with van der Waals surface area (Å²) >= 11 is 7.74. The van der Waals surface area contributed by atoms with Crippen LogP contribution in [0.3, 0.4) is 0 Å². The van der Waals surface area contributed by atoms with Crippen LogP contribution in [0.2, 0.25) is 5.02 Å². The molecule has 3 aromatic carbocycles. The van der Waals surface area contributed by atoms with Crippen LogP contribution >= 0.6 is 23.4 Å². The molecule has 0 fully saturated rings. The van der Waals surface area contributed by atoms with Gasteiger partial charge in [-0.05, 0) is 62.2 Å². The molecule has 0 spiro atoms. The molecular formula is C31H31ClFN5O3S. The van der Waals surface area contributed by atoms with Gasteiger partial charge in [0.15, 0.2) is 11.5 Å². The van der Waals surface area contributed by atoms with E-state index in [4.69, 9.17) is 26.2 Å². The van der Waals surface area contributed by atoms with E-state index in [9.17, 15) is 9.18 Å². The Morgan fingerprint density at radius 2 is 1.93 bits per heavy atom. The molecule has 0 aliphatic carbocycles. The van der Waals surface area contributed by atoms with Crippen LogP contribution in [0.15, 0.2) is 77.1 Å². The number of halogens is 2. The lowest BCUT2D eigenvalue weighted by atomic mass is 9.94. The highest BCUT2D eigenvalue weighted by Crippen LogP contribution is 2.40. The van der Waals surface area contributed by atoms with E-state index < -0.39 is 11.9 Å². The van der Waals surface area contributed by atoms with E-state index >= 15 is 0 Å². The number of nitrogens with zero attached hydrogens (tertiary/aromatic N) is 3. The number of allylic oxidation sites excluding steroid dienone is 1. The number of hydrogen-bond donors (Lipinski definition) is 2. The molecule has 1 unspecified atom stereocenters. The first-order valence-corrected chi connectivity index (χ1v) is 14.8. The van der Waals surface area contributed by atoms with Gasteiger partial charge >= 0.3 is 0 Å². The molecule has 2 N–H and O–H groups in total. The van der Waals surface area contributed by atoms with Crippen molar-refractivity contribution in [1.29, 1.82) is 0 Å². The van der Waals surface area contributed by atoms with Crippen molar-refractivity contribution in [3.63, 3.8) is 0 Å². The van der Waals surface area contributed by atoms with Crippen LogP contribution in [0.4, 0.5) is 16.0 Å². The van der Waals surface area contributed by atoms with Crippen molar-refractivity contribution in [2.75, 3.05) is 23.5 Å². The molecule has 0 saturated heterocycles. The van der Waals surface area contributed by atoms with E-state index in [1.54, 1.807) is 40.7 Å². The number of hydrogen-bond acceptors (Lipinski definition) is 7. The van der Waals surface area contributed by atoms with Gasteiger partial charge in [-0.1, -0.05) is 60.1 Å². The van der Waals surface area contributed by atoms with Crippen LogP contribution < -0.4 is 20.1 Å². The van der Waals surface area contributed by atoms with Gasteiger partial charge < -0.3 is 20.1 Å². The van der Waals surface area contributed by atoms with Crippen molar-refractivity contribution < 1.29 is 18.7 Å². The molecule has 0 radical (unpaired) electrons. The Bertz CT molecular complexity index is 1620. The van der Waals surface area contributed by atoms with Crippen molar-refractivity contribution in [3.05, 3.63) is 99.5 Å². The van der Waals surface area contributed by atoms with Gasteiger partial charge in [-0.2, -0.15) is 4.98 Å². The molecule has 2 heterocycles. The van der Waals surface area contributed by atoms with E-state index in [0.717, 1.165) is 23.3 Å².